The highest BCUT2D eigenvalue weighted by Crippen LogP contribution is 2.38. The van der Waals surface area contributed by atoms with Gasteiger partial charge in [0.05, 0.1) is 0 Å². The second kappa shape index (κ2) is 3.16. The molecule has 0 fully saturated rings. The summed E-state index contributed by atoms with van der Waals surface area (Å²) in [6.45, 7) is 4.12. The summed E-state index contributed by atoms with van der Waals surface area (Å²) in [6, 6.07) is 0. The van der Waals surface area contributed by atoms with Gasteiger partial charge in [0, 0.05) is 10.7 Å². The fourth-order valence-corrected chi connectivity index (χ4v) is 1.45. The average molecular weight is 215 g/mol. The van der Waals surface area contributed by atoms with E-state index in [4.69, 9.17) is 0 Å². The first-order valence-corrected chi connectivity index (χ1v) is 4.37. The van der Waals surface area contributed by atoms with Crippen molar-refractivity contribution in [1.29, 1.82) is 0 Å². The largest absolute Gasteiger partial charge is 0.250 e. The highest BCUT2D eigenvalue weighted by molar-refractivity contribution is 9.09. The zero-order valence-corrected chi connectivity index (χ0v) is 8.13. The third-order valence-corrected chi connectivity index (χ3v) is 2.30. The Bertz CT molecular complexity index is 105. The molecular formula is C7H13BrF2. The summed E-state index contributed by atoms with van der Waals surface area (Å²) in [5.41, 5.74) is -0.892. The molecule has 0 amide bonds. The Labute approximate surface area is 69.1 Å². The summed E-state index contributed by atoms with van der Waals surface area (Å²) in [5.74, 6) is -2.58. The first kappa shape index (κ1) is 10.3. The quantitative estimate of drug-likeness (QED) is 0.632. The minimum Gasteiger partial charge on any atom is -0.207 e. The van der Waals surface area contributed by atoms with Crippen molar-refractivity contribution in [1.82, 2.24) is 0 Å². The molecule has 0 aromatic heterocycles. The number of alkyl halides is 3. The molecule has 0 heterocycles. The zero-order valence-electron chi connectivity index (χ0n) is 6.55. The molecule has 0 radical (unpaired) electrons. The van der Waals surface area contributed by atoms with Crippen molar-refractivity contribution >= 4 is 15.9 Å². The van der Waals surface area contributed by atoms with E-state index in [2.05, 4.69) is 15.9 Å². The molecule has 0 rings (SSSR count). The predicted molar refractivity (Wildman–Crippen MR) is 42.8 cm³/mol. The third-order valence-electron chi connectivity index (χ3n) is 1.91. The predicted octanol–water partition coefficient (Wildman–Crippen LogP) is 3.45. The van der Waals surface area contributed by atoms with E-state index in [1.807, 2.05) is 0 Å². The highest BCUT2D eigenvalue weighted by Gasteiger charge is 2.40. The highest BCUT2D eigenvalue weighted by atomic mass is 79.9. The first-order chi connectivity index (χ1) is 4.31. The third kappa shape index (κ3) is 2.52. The van der Waals surface area contributed by atoms with Gasteiger partial charge in [-0.15, -0.1) is 0 Å². The number of hydrogen-bond acceptors (Lipinski definition) is 0. The van der Waals surface area contributed by atoms with Crippen LogP contribution in [-0.2, 0) is 0 Å². The maximum atomic E-state index is 12.7. The standard InChI is InChI=1S/C7H13BrF2/c1-6(2,4-5-8)7(3,9)10/h4-5H2,1-3H3. The van der Waals surface area contributed by atoms with Crippen molar-refractivity contribution in [3.63, 3.8) is 0 Å². The monoisotopic (exact) mass is 214 g/mol. The molecule has 0 aliphatic carbocycles. The molecule has 3 heteroatoms. The van der Waals surface area contributed by atoms with Crippen LogP contribution in [0.15, 0.2) is 0 Å². The lowest BCUT2D eigenvalue weighted by atomic mass is 9.84. The van der Waals surface area contributed by atoms with Gasteiger partial charge in [-0.25, -0.2) is 8.78 Å². The van der Waals surface area contributed by atoms with Gasteiger partial charge in [-0.1, -0.05) is 29.8 Å². The minimum absolute atomic E-state index is 0.497. The van der Waals surface area contributed by atoms with Gasteiger partial charge < -0.3 is 0 Å². The van der Waals surface area contributed by atoms with E-state index in [1.165, 1.54) is 0 Å². The molecule has 0 atom stereocenters. The molecule has 10 heavy (non-hydrogen) atoms. The smallest absolute Gasteiger partial charge is 0.207 e. The van der Waals surface area contributed by atoms with Gasteiger partial charge >= 0.3 is 0 Å². The SMILES string of the molecule is CC(F)(F)C(C)(C)CCBr. The Kier molecular flexibility index (Phi) is 3.27. The molecule has 0 spiro atoms. The fourth-order valence-electron chi connectivity index (χ4n) is 0.456. The molecular weight excluding hydrogens is 202 g/mol. The van der Waals surface area contributed by atoms with Crippen LogP contribution in [0.5, 0.6) is 0 Å². The molecule has 0 saturated carbocycles. The molecule has 0 unspecified atom stereocenters. The van der Waals surface area contributed by atoms with E-state index >= 15 is 0 Å². The van der Waals surface area contributed by atoms with Gasteiger partial charge in [0.25, 0.3) is 0 Å². The maximum absolute atomic E-state index is 12.7. The molecule has 0 saturated heterocycles. The second-order valence-corrected chi connectivity index (χ2v) is 4.00. The van der Waals surface area contributed by atoms with Crippen molar-refractivity contribution in [2.75, 3.05) is 5.33 Å². The van der Waals surface area contributed by atoms with E-state index in [0.29, 0.717) is 11.8 Å². The Morgan fingerprint density at radius 3 is 1.70 bits per heavy atom. The topological polar surface area (TPSA) is 0 Å². The van der Waals surface area contributed by atoms with Gasteiger partial charge in [-0.3, -0.25) is 0 Å². The molecule has 0 N–H and O–H groups in total. The Morgan fingerprint density at radius 2 is 1.60 bits per heavy atom. The van der Waals surface area contributed by atoms with E-state index in [9.17, 15) is 8.78 Å². The molecule has 0 bridgehead atoms. The van der Waals surface area contributed by atoms with E-state index in [0.717, 1.165) is 6.92 Å². The fraction of sp³-hybridized carbons (Fsp3) is 1.00. The van der Waals surface area contributed by atoms with Gasteiger partial charge in [0.1, 0.15) is 0 Å². The summed E-state index contributed by atoms with van der Waals surface area (Å²) >= 11 is 3.14. The number of halogens is 3. The lowest BCUT2D eigenvalue weighted by molar-refractivity contribution is -0.0891. The van der Waals surface area contributed by atoms with Gasteiger partial charge in [0.2, 0.25) is 5.92 Å². The van der Waals surface area contributed by atoms with E-state index < -0.39 is 11.3 Å². The molecule has 0 nitrogen and oxygen atoms in total. The van der Waals surface area contributed by atoms with Gasteiger partial charge in [0.15, 0.2) is 0 Å². The van der Waals surface area contributed by atoms with Gasteiger partial charge in [-0.2, -0.15) is 0 Å². The molecule has 0 aliphatic heterocycles. The van der Waals surface area contributed by atoms with Crippen molar-refractivity contribution < 1.29 is 8.78 Å². The Morgan fingerprint density at radius 1 is 1.20 bits per heavy atom. The van der Waals surface area contributed by atoms with Crippen molar-refractivity contribution in [3.8, 4) is 0 Å². The van der Waals surface area contributed by atoms with Crippen LogP contribution >= 0.6 is 15.9 Å². The van der Waals surface area contributed by atoms with Crippen LogP contribution < -0.4 is 0 Å². The molecule has 0 aromatic rings. The van der Waals surface area contributed by atoms with E-state index in [-0.39, 0.29) is 0 Å². The summed E-state index contributed by atoms with van der Waals surface area (Å²) in [6.07, 6.45) is 0.497. The lowest BCUT2D eigenvalue weighted by Gasteiger charge is -2.30. The molecule has 0 aliphatic rings. The zero-order chi connectivity index (χ0) is 8.41. The maximum Gasteiger partial charge on any atom is 0.250 e. The van der Waals surface area contributed by atoms with Crippen molar-refractivity contribution in [2.45, 2.75) is 33.1 Å². The van der Waals surface area contributed by atoms with Crippen LogP contribution in [0.1, 0.15) is 27.2 Å². The normalized spacial score (nSPS) is 13.8. The Hall–Kier alpha value is 0.340. The second-order valence-electron chi connectivity index (χ2n) is 3.21. The van der Waals surface area contributed by atoms with E-state index in [1.54, 1.807) is 13.8 Å². The van der Waals surface area contributed by atoms with Crippen LogP contribution in [0.4, 0.5) is 8.78 Å². The average Bonchev–Trinajstić information content (AvgIpc) is 1.61. The minimum atomic E-state index is -2.58. The number of hydrogen-bond donors (Lipinski definition) is 0. The first-order valence-electron chi connectivity index (χ1n) is 3.25. The Balaban J connectivity index is 4.10. The summed E-state index contributed by atoms with van der Waals surface area (Å²) < 4.78 is 25.3. The van der Waals surface area contributed by atoms with Crippen LogP contribution in [0, 0.1) is 5.41 Å². The lowest BCUT2D eigenvalue weighted by Crippen LogP contribution is -2.33. The van der Waals surface area contributed by atoms with Gasteiger partial charge in [-0.05, 0) is 13.3 Å². The summed E-state index contributed by atoms with van der Waals surface area (Å²) in [4.78, 5) is 0. The van der Waals surface area contributed by atoms with Crippen molar-refractivity contribution in [2.24, 2.45) is 5.41 Å². The van der Waals surface area contributed by atoms with Crippen LogP contribution in [0.3, 0.4) is 0 Å². The molecule has 0 aromatic carbocycles. The summed E-state index contributed by atoms with van der Waals surface area (Å²) in [7, 11) is 0. The van der Waals surface area contributed by atoms with Crippen LogP contribution in [-0.4, -0.2) is 11.3 Å². The van der Waals surface area contributed by atoms with Crippen LogP contribution in [0.25, 0.3) is 0 Å². The summed E-state index contributed by atoms with van der Waals surface area (Å²) in [5, 5.41) is 0.628. The van der Waals surface area contributed by atoms with Crippen molar-refractivity contribution in [3.05, 3.63) is 0 Å². The molecule has 62 valence electrons. The van der Waals surface area contributed by atoms with Crippen LogP contribution in [0.2, 0.25) is 0 Å². The number of rotatable bonds is 3.